The van der Waals surface area contributed by atoms with Crippen LogP contribution in [0.3, 0.4) is 0 Å². The van der Waals surface area contributed by atoms with Crippen LogP contribution in [0.2, 0.25) is 0 Å². The predicted octanol–water partition coefficient (Wildman–Crippen LogP) is 3.93. The fraction of sp³-hybridized carbons (Fsp3) is 0.375. The maximum atomic E-state index is 13.1. The molecule has 1 N–H and O–H groups in total. The summed E-state index contributed by atoms with van der Waals surface area (Å²) in [5.41, 5.74) is 1.30. The Hall–Kier alpha value is -3.04. The van der Waals surface area contributed by atoms with Crippen LogP contribution >= 0.6 is 0 Å². The lowest BCUT2D eigenvalue weighted by atomic mass is 10.2. The van der Waals surface area contributed by atoms with E-state index in [1.54, 1.807) is 25.1 Å². The molecule has 0 saturated carbocycles. The van der Waals surface area contributed by atoms with Gasteiger partial charge in [0, 0.05) is 18.8 Å². The molecule has 0 unspecified atom stereocenters. The highest BCUT2D eigenvalue weighted by Crippen LogP contribution is 2.32. The zero-order valence-corrected chi connectivity index (χ0v) is 20.0. The number of carbonyl (C=O) groups excluding carboxylic acids is 1. The minimum absolute atomic E-state index is 0.0474. The van der Waals surface area contributed by atoms with Crippen LogP contribution in [0, 0.1) is 0 Å². The van der Waals surface area contributed by atoms with Gasteiger partial charge in [-0.1, -0.05) is 18.2 Å². The van der Waals surface area contributed by atoms with Gasteiger partial charge in [0.1, 0.15) is 10.6 Å². The van der Waals surface area contributed by atoms with Crippen LogP contribution < -0.4 is 19.5 Å². The number of hydrogen-bond donors (Lipinski definition) is 1. The molecule has 1 fully saturated rings. The Morgan fingerprint density at radius 2 is 1.79 bits per heavy atom. The van der Waals surface area contributed by atoms with Gasteiger partial charge >= 0.3 is 0 Å². The average Bonchev–Trinajstić information content (AvgIpc) is 3.35. The first-order valence-corrected chi connectivity index (χ1v) is 12.3. The quantitative estimate of drug-likeness (QED) is 0.561. The number of sulfonamides is 1. The van der Waals surface area contributed by atoms with Crippen LogP contribution in [0.1, 0.15) is 32.3 Å². The Labute approximate surface area is 195 Å². The molecule has 1 aliphatic heterocycles. The molecular formula is C24H30N2O6S. The summed E-state index contributed by atoms with van der Waals surface area (Å²) in [6.07, 6.45) is 5.50. The second-order valence-corrected chi connectivity index (χ2v) is 9.36. The molecule has 1 saturated heterocycles. The molecule has 1 amide bonds. The Bertz CT molecular complexity index is 1110. The van der Waals surface area contributed by atoms with E-state index in [2.05, 4.69) is 5.32 Å². The summed E-state index contributed by atoms with van der Waals surface area (Å²) in [6, 6.07) is 10.0. The number of allylic oxidation sites excluding steroid dienone is 1. The van der Waals surface area contributed by atoms with Crippen LogP contribution in [0.5, 0.6) is 17.2 Å². The van der Waals surface area contributed by atoms with Crippen molar-refractivity contribution in [2.24, 2.45) is 0 Å². The Balaban J connectivity index is 1.73. The molecule has 1 heterocycles. The van der Waals surface area contributed by atoms with Crippen molar-refractivity contribution in [3.05, 3.63) is 48.0 Å². The van der Waals surface area contributed by atoms with Crippen molar-refractivity contribution in [3.63, 3.8) is 0 Å². The third-order valence-corrected chi connectivity index (χ3v) is 7.04. The first kappa shape index (κ1) is 24.6. The van der Waals surface area contributed by atoms with Gasteiger partial charge in [0.05, 0.1) is 13.7 Å². The van der Waals surface area contributed by atoms with E-state index in [0.717, 1.165) is 18.4 Å². The summed E-state index contributed by atoms with van der Waals surface area (Å²) in [4.78, 5) is 12.6. The Morgan fingerprint density at radius 1 is 1.06 bits per heavy atom. The van der Waals surface area contributed by atoms with E-state index in [1.807, 2.05) is 31.2 Å². The topological polar surface area (TPSA) is 94.2 Å². The normalized spacial score (nSPS) is 14.4. The Kier molecular flexibility index (Phi) is 8.35. The van der Waals surface area contributed by atoms with Crippen LogP contribution in [0.15, 0.2) is 47.4 Å². The summed E-state index contributed by atoms with van der Waals surface area (Å²) < 4.78 is 44.2. The highest BCUT2D eigenvalue weighted by molar-refractivity contribution is 7.89. The molecule has 2 aromatic rings. The lowest BCUT2D eigenvalue weighted by Crippen LogP contribution is -2.28. The number of benzene rings is 2. The SMILES string of the molecule is C/C=C/c1ccc(OCC(=O)Nc2ccc(OCC)c(S(=O)(=O)N3CCCC3)c2)c(OC)c1. The summed E-state index contributed by atoms with van der Waals surface area (Å²) in [5.74, 6) is 0.788. The second kappa shape index (κ2) is 11.2. The van der Waals surface area contributed by atoms with Crippen molar-refractivity contribution < 1.29 is 27.4 Å². The minimum atomic E-state index is -3.72. The van der Waals surface area contributed by atoms with Crippen molar-refractivity contribution in [1.29, 1.82) is 0 Å². The van der Waals surface area contributed by atoms with Gasteiger partial charge in [-0.2, -0.15) is 4.31 Å². The van der Waals surface area contributed by atoms with Crippen LogP contribution in [0.25, 0.3) is 6.08 Å². The number of ether oxygens (including phenoxy) is 3. The lowest BCUT2D eigenvalue weighted by Gasteiger charge is -2.19. The van der Waals surface area contributed by atoms with E-state index in [4.69, 9.17) is 14.2 Å². The molecule has 8 nitrogen and oxygen atoms in total. The number of amides is 1. The molecule has 0 aliphatic carbocycles. The van der Waals surface area contributed by atoms with Gasteiger partial charge in [-0.15, -0.1) is 0 Å². The van der Waals surface area contributed by atoms with Gasteiger partial charge in [-0.05, 0) is 62.6 Å². The molecule has 3 rings (SSSR count). The van der Waals surface area contributed by atoms with E-state index < -0.39 is 15.9 Å². The average molecular weight is 475 g/mol. The third-order valence-electron chi connectivity index (χ3n) is 5.12. The maximum Gasteiger partial charge on any atom is 0.262 e. The third kappa shape index (κ3) is 6.06. The van der Waals surface area contributed by atoms with Crippen molar-refractivity contribution in [3.8, 4) is 17.2 Å². The zero-order valence-electron chi connectivity index (χ0n) is 19.2. The van der Waals surface area contributed by atoms with Crippen LogP contribution in [-0.2, 0) is 14.8 Å². The van der Waals surface area contributed by atoms with Crippen molar-refractivity contribution >= 4 is 27.7 Å². The van der Waals surface area contributed by atoms with Gasteiger partial charge in [0.25, 0.3) is 5.91 Å². The maximum absolute atomic E-state index is 13.1. The summed E-state index contributed by atoms with van der Waals surface area (Å²) in [7, 11) is -2.19. The number of carbonyl (C=O) groups is 1. The molecule has 0 aromatic heterocycles. The molecule has 0 atom stereocenters. The summed E-state index contributed by atoms with van der Waals surface area (Å²) in [6.45, 7) is 4.74. The van der Waals surface area contributed by atoms with Crippen LogP contribution in [0.4, 0.5) is 5.69 Å². The molecular weight excluding hydrogens is 444 g/mol. The smallest absolute Gasteiger partial charge is 0.262 e. The predicted molar refractivity (Wildman–Crippen MR) is 127 cm³/mol. The number of anilines is 1. The minimum Gasteiger partial charge on any atom is -0.493 e. The largest absolute Gasteiger partial charge is 0.493 e. The van der Waals surface area contributed by atoms with E-state index in [9.17, 15) is 13.2 Å². The first-order chi connectivity index (χ1) is 15.9. The molecule has 0 radical (unpaired) electrons. The van der Waals surface area contributed by atoms with Gasteiger partial charge in [0.15, 0.2) is 18.1 Å². The molecule has 33 heavy (non-hydrogen) atoms. The zero-order chi connectivity index (χ0) is 23.8. The van der Waals surface area contributed by atoms with Crippen molar-refractivity contribution in [2.75, 3.05) is 38.7 Å². The van der Waals surface area contributed by atoms with E-state index in [0.29, 0.717) is 36.9 Å². The number of nitrogens with one attached hydrogen (secondary N) is 1. The van der Waals surface area contributed by atoms with E-state index in [1.165, 1.54) is 17.5 Å². The molecule has 0 spiro atoms. The summed E-state index contributed by atoms with van der Waals surface area (Å²) >= 11 is 0. The van der Waals surface area contributed by atoms with E-state index in [-0.39, 0.29) is 17.3 Å². The number of rotatable bonds is 10. The standard InChI is InChI=1S/C24H30N2O6S/c1-4-8-18-9-11-20(22(15-18)30-3)32-17-24(27)25-19-10-12-21(31-5-2)23(16-19)33(28,29)26-13-6-7-14-26/h4,8-12,15-16H,5-7,13-14,17H2,1-3H3,(H,25,27)/b8-4+. The molecule has 2 aromatic carbocycles. The Morgan fingerprint density at radius 3 is 2.45 bits per heavy atom. The number of nitrogens with zero attached hydrogens (tertiary/aromatic N) is 1. The first-order valence-electron chi connectivity index (χ1n) is 10.9. The van der Waals surface area contributed by atoms with Gasteiger partial charge in [-0.25, -0.2) is 8.42 Å². The number of hydrogen-bond acceptors (Lipinski definition) is 6. The fourth-order valence-corrected chi connectivity index (χ4v) is 5.24. The number of methoxy groups -OCH3 is 1. The van der Waals surface area contributed by atoms with Crippen molar-refractivity contribution in [1.82, 2.24) is 4.31 Å². The fourth-order valence-electron chi connectivity index (χ4n) is 3.57. The van der Waals surface area contributed by atoms with Gasteiger partial charge in [-0.3, -0.25) is 4.79 Å². The molecule has 178 valence electrons. The molecule has 1 aliphatic rings. The van der Waals surface area contributed by atoms with Crippen molar-refractivity contribution in [2.45, 2.75) is 31.6 Å². The summed E-state index contributed by atoms with van der Waals surface area (Å²) in [5, 5.41) is 2.70. The van der Waals surface area contributed by atoms with Crippen LogP contribution in [-0.4, -0.2) is 52.0 Å². The van der Waals surface area contributed by atoms with Gasteiger partial charge < -0.3 is 19.5 Å². The molecule has 0 bridgehead atoms. The van der Waals surface area contributed by atoms with E-state index >= 15 is 0 Å². The lowest BCUT2D eigenvalue weighted by molar-refractivity contribution is -0.118. The highest BCUT2D eigenvalue weighted by Gasteiger charge is 2.30. The van der Waals surface area contributed by atoms with Gasteiger partial charge in [0.2, 0.25) is 10.0 Å². The highest BCUT2D eigenvalue weighted by atomic mass is 32.2. The monoisotopic (exact) mass is 474 g/mol. The second-order valence-electron chi connectivity index (χ2n) is 7.45. The molecule has 9 heteroatoms.